The lowest BCUT2D eigenvalue weighted by molar-refractivity contribution is 0.0287. The molecule has 2 unspecified atom stereocenters. The molecule has 2 atom stereocenters. The van der Waals surface area contributed by atoms with Gasteiger partial charge in [0, 0.05) is 0 Å². The minimum Gasteiger partial charge on any atom is -0.367 e. The van der Waals surface area contributed by atoms with E-state index in [0.717, 1.165) is 0 Å². The van der Waals surface area contributed by atoms with E-state index in [-0.39, 0.29) is 12.2 Å². The number of hydrogen-bond acceptors (Lipinski definition) is 1. The van der Waals surface area contributed by atoms with Crippen molar-refractivity contribution >= 4 is 0 Å². The van der Waals surface area contributed by atoms with Crippen LogP contribution in [0.25, 0.3) is 0 Å². The van der Waals surface area contributed by atoms with Crippen molar-refractivity contribution in [1.29, 1.82) is 0 Å². The standard InChI is InChI=1S/C44H78O/c1-3-5-7-9-11-13-15-17-19-21-23-31-37-43(39-41-33-27-25-28-34-41)45-44(40-42-35-29-26-30-36-42)38-32-24-22-20-18-16-14-12-10-8-6-4-2/h27,29,33,35,39-40,43-44H,3-26,28,30-32,34,36-38H2,1-2H3. The summed E-state index contributed by atoms with van der Waals surface area (Å²) >= 11 is 0. The van der Waals surface area contributed by atoms with Gasteiger partial charge in [0.05, 0.1) is 12.2 Å². The summed E-state index contributed by atoms with van der Waals surface area (Å²) in [7, 11) is 0. The van der Waals surface area contributed by atoms with Gasteiger partial charge in [0.15, 0.2) is 0 Å². The van der Waals surface area contributed by atoms with Gasteiger partial charge in [0.25, 0.3) is 0 Å². The fourth-order valence-corrected chi connectivity index (χ4v) is 7.22. The van der Waals surface area contributed by atoms with E-state index in [1.54, 1.807) is 0 Å². The number of hydrogen-bond donors (Lipinski definition) is 0. The van der Waals surface area contributed by atoms with Gasteiger partial charge in [0.2, 0.25) is 0 Å². The second-order valence-corrected chi connectivity index (χ2v) is 14.6. The van der Waals surface area contributed by atoms with Crippen molar-refractivity contribution in [2.75, 3.05) is 0 Å². The fraction of sp³-hybridized carbons (Fsp3) is 0.818. The molecule has 1 heteroatoms. The van der Waals surface area contributed by atoms with E-state index in [9.17, 15) is 0 Å². The van der Waals surface area contributed by atoms with Gasteiger partial charge in [-0.15, -0.1) is 0 Å². The third kappa shape index (κ3) is 23.8. The molecule has 0 saturated heterocycles. The summed E-state index contributed by atoms with van der Waals surface area (Å²) < 4.78 is 7.04. The molecule has 0 aromatic rings. The lowest BCUT2D eigenvalue weighted by atomic mass is 9.97. The van der Waals surface area contributed by atoms with E-state index in [2.05, 4.69) is 50.3 Å². The fourth-order valence-electron chi connectivity index (χ4n) is 7.22. The molecule has 0 amide bonds. The average molecular weight is 623 g/mol. The first-order chi connectivity index (χ1) is 22.3. The summed E-state index contributed by atoms with van der Waals surface area (Å²) in [5.41, 5.74) is 3.03. The van der Waals surface area contributed by atoms with E-state index in [4.69, 9.17) is 4.74 Å². The molecule has 0 bridgehead atoms. The maximum absolute atomic E-state index is 7.04. The molecule has 2 aliphatic rings. The zero-order valence-electron chi connectivity index (χ0n) is 30.7. The summed E-state index contributed by atoms with van der Waals surface area (Å²) in [5.74, 6) is 0. The van der Waals surface area contributed by atoms with Crippen LogP contribution in [0.15, 0.2) is 47.6 Å². The van der Waals surface area contributed by atoms with Crippen LogP contribution in [0.2, 0.25) is 0 Å². The van der Waals surface area contributed by atoms with Crippen LogP contribution in [0.1, 0.15) is 219 Å². The third-order valence-electron chi connectivity index (χ3n) is 10.2. The lowest BCUT2D eigenvalue weighted by Gasteiger charge is -2.24. The quantitative estimate of drug-likeness (QED) is 0.0724. The van der Waals surface area contributed by atoms with Crippen LogP contribution in [0, 0.1) is 0 Å². The number of allylic oxidation sites excluding steroid dienone is 6. The highest BCUT2D eigenvalue weighted by Gasteiger charge is 2.16. The molecule has 0 aromatic heterocycles. The number of unbranched alkanes of at least 4 members (excludes halogenated alkanes) is 22. The Balaban J connectivity index is 1.75. The van der Waals surface area contributed by atoms with Crippen LogP contribution < -0.4 is 0 Å². The molecule has 0 saturated carbocycles. The van der Waals surface area contributed by atoms with E-state index in [0.29, 0.717) is 0 Å². The molecule has 0 heterocycles. The zero-order chi connectivity index (χ0) is 31.9. The predicted octanol–water partition coefficient (Wildman–Crippen LogP) is 15.3. The third-order valence-corrected chi connectivity index (χ3v) is 10.2. The highest BCUT2D eigenvalue weighted by molar-refractivity contribution is 5.24. The smallest absolute Gasteiger partial charge is 0.0769 e. The van der Waals surface area contributed by atoms with Gasteiger partial charge in [-0.3, -0.25) is 0 Å². The van der Waals surface area contributed by atoms with Crippen molar-refractivity contribution in [3.63, 3.8) is 0 Å². The molecule has 2 aliphatic carbocycles. The van der Waals surface area contributed by atoms with Gasteiger partial charge in [-0.1, -0.05) is 204 Å². The van der Waals surface area contributed by atoms with Crippen LogP contribution in [0.4, 0.5) is 0 Å². The molecule has 260 valence electrons. The summed E-state index contributed by atoms with van der Waals surface area (Å²) in [6, 6.07) is 0. The maximum atomic E-state index is 7.04. The van der Waals surface area contributed by atoms with E-state index in [1.807, 2.05) is 0 Å². The van der Waals surface area contributed by atoms with Crippen molar-refractivity contribution in [1.82, 2.24) is 0 Å². The van der Waals surface area contributed by atoms with Crippen molar-refractivity contribution in [2.24, 2.45) is 0 Å². The zero-order valence-corrected chi connectivity index (χ0v) is 30.7. The summed E-state index contributed by atoms with van der Waals surface area (Å²) in [6.45, 7) is 4.62. The molecule has 0 fully saturated rings. The summed E-state index contributed by atoms with van der Waals surface area (Å²) in [5, 5.41) is 0. The highest BCUT2D eigenvalue weighted by atomic mass is 16.5. The van der Waals surface area contributed by atoms with Crippen LogP contribution in [-0.4, -0.2) is 12.2 Å². The second kappa shape index (κ2) is 30.3. The number of rotatable bonds is 30. The number of ether oxygens (including phenoxy) is 1. The van der Waals surface area contributed by atoms with Crippen molar-refractivity contribution in [2.45, 2.75) is 232 Å². The van der Waals surface area contributed by atoms with Crippen LogP contribution in [0.5, 0.6) is 0 Å². The Kier molecular flexibility index (Phi) is 27.0. The maximum Gasteiger partial charge on any atom is 0.0769 e. The summed E-state index contributed by atoms with van der Waals surface area (Å²) in [6.07, 6.45) is 58.8. The highest BCUT2D eigenvalue weighted by Crippen LogP contribution is 2.25. The Bertz CT molecular complexity index is 706. The van der Waals surface area contributed by atoms with Gasteiger partial charge in [0.1, 0.15) is 0 Å². The van der Waals surface area contributed by atoms with Gasteiger partial charge in [-0.25, -0.2) is 0 Å². The normalized spacial score (nSPS) is 18.3. The molecule has 2 rings (SSSR count). The SMILES string of the molecule is CCCCCCCCCCCCCCC(C=C1C=CCCC1)OC(C=C1C=CCCC1)CCCCCCCCCCCCCC. The van der Waals surface area contributed by atoms with Gasteiger partial charge >= 0.3 is 0 Å². The van der Waals surface area contributed by atoms with Gasteiger partial charge < -0.3 is 4.74 Å². The minimum atomic E-state index is 0.262. The van der Waals surface area contributed by atoms with Crippen molar-refractivity contribution in [3.05, 3.63) is 47.6 Å². The first-order valence-electron chi connectivity index (χ1n) is 20.7. The molecule has 0 N–H and O–H groups in total. The van der Waals surface area contributed by atoms with Crippen LogP contribution in [-0.2, 0) is 4.74 Å². The monoisotopic (exact) mass is 623 g/mol. The molecule has 0 spiro atoms. The second-order valence-electron chi connectivity index (χ2n) is 14.6. The molecule has 0 radical (unpaired) electrons. The largest absolute Gasteiger partial charge is 0.367 e. The topological polar surface area (TPSA) is 9.23 Å². The Morgan fingerprint density at radius 3 is 1.07 bits per heavy atom. The van der Waals surface area contributed by atoms with E-state index >= 15 is 0 Å². The van der Waals surface area contributed by atoms with Gasteiger partial charge in [-0.05, 0) is 62.5 Å². The van der Waals surface area contributed by atoms with Crippen molar-refractivity contribution in [3.8, 4) is 0 Å². The first kappa shape index (κ1) is 40.1. The van der Waals surface area contributed by atoms with E-state index < -0.39 is 0 Å². The first-order valence-corrected chi connectivity index (χ1v) is 20.7. The molecular weight excluding hydrogens is 544 g/mol. The minimum absolute atomic E-state index is 0.262. The molecule has 45 heavy (non-hydrogen) atoms. The average Bonchev–Trinajstić information content (AvgIpc) is 3.06. The van der Waals surface area contributed by atoms with Crippen LogP contribution >= 0.6 is 0 Å². The molecular formula is C44H78O. The van der Waals surface area contributed by atoms with E-state index in [1.165, 1.54) is 217 Å². The Hall–Kier alpha value is -1.08. The summed E-state index contributed by atoms with van der Waals surface area (Å²) in [4.78, 5) is 0. The lowest BCUT2D eigenvalue weighted by Crippen LogP contribution is -2.20. The Labute approximate surface area is 283 Å². The molecule has 1 nitrogen and oxygen atoms in total. The predicted molar refractivity (Wildman–Crippen MR) is 202 cm³/mol. The molecule has 0 aliphatic heterocycles. The Morgan fingerprint density at radius 2 is 0.778 bits per heavy atom. The van der Waals surface area contributed by atoms with Crippen LogP contribution in [0.3, 0.4) is 0 Å². The van der Waals surface area contributed by atoms with Crippen molar-refractivity contribution < 1.29 is 4.74 Å². The Morgan fingerprint density at radius 1 is 0.467 bits per heavy atom. The molecule has 0 aromatic carbocycles. The van der Waals surface area contributed by atoms with Gasteiger partial charge in [-0.2, -0.15) is 0 Å².